The molecule has 2 aliphatic heterocycles. The molecule has 2 aromatic rings. The van der Waals surface area contributed by atoms with Gasteiger partial charge in [0.1, 0.15) is 19.0 Å². The first-order chi connectivity index (χ1) is 12.9. The van der Waals surface area contributed by atoms with Gasteiger partial charge >= 0.3 is 0 Å². The summed E-state index contributed by atoms with van der Waals surface area (Å²) in [4.78, 5) is 2.28. The SMILES string of the molecule is CN1CCN(S(=O)(=O)c2ccc3c(c2)OCCO3)CC1c1ccc(F)cc1. The lowest BCUT2D eigenvalue weighted by Crippen LogP contribution is -2.48. The van der Waals surface area contributed by atoms with E-state index in [-0.39, 0.29) is 16.8 Å². The van der Waals surface area contributed by atoms with Crippen LogP contribution >= 0.6 is 0 Å². The lowest BCUT2D eigenvalue weighted by atomic mass is 10.0. The molecule has 1 saturated heterocycles. The first-order valence-corrected chi connectivity index (χ1v) is 10.2. The molecule has 27 heavy (non-hydrogen) atoms. The Hall–Kier alpha value is -2.16. The van der Waals surface area contributed by atoms with Crippen LogP contribution in [-0.2, 0) is 10.0 Å². The average Bonchev–Trinajstić information content (AvgIpc) is 2.68. The van der Waals surface area contributed by atoms with E-state index in [1.807, 2.05) is 7.05 Å². The number of halogens is 1. The zero-order valence-corrected chi connectivity index (χ0v) is 15.8. The van der Waals surface area contributed by atoms with Crippen molar-refractivity contribution in [1.82, 2.24) is 9.21 Å². The van der Waals surface area contributed by atoms with Crippen LogP contribution in [0.25, 0.3) is 0 Å². The Morgan fingerprint density at radius 3 is 2.44 bits per heavy atom. The monoisotopic (exact) mass is 392 g/mol. The summed E-state index contributed by atoms with van der Waals surface area (Å²) in [5.74, 6) is 0.701. The van der Waals surface area contributed by atoms with Gasteiger partial charge in [0.05, 0.1) is 4.90 Å². The Morgan fingerprint density at radius 1 is 1.00 bits per heavy atom. The van der Waals surface area contributed by atoms with E-state index in [9.17, 15) is 12.8 Å². The number of likely N-dealkylation sites (N-methyl/N-ethyl adjacent to an activating group) is 1. The Kier molecular flexibility index (Phi) is 4.79. The molecule has 0 saturated carbocycles. The van der Waals surface area contributed by atoms with E-state index < -0.39 is 10.0 Å². The highest BCUT2D eigenvalue weighted by atomic mass is 32.2. The minimum absolute atomic E-state index is 0.133. The highest BCUT2D eigenvalue weighted by Gasteiger charge is 2.34. The van der Waals surface area contributed by atoms with Gasteiger partial charge in [0, 0.05) is 31.7 Å². The van der Waals surface area contributed by atoms with Gasteiger partial charge in [-0.2, -0.15) is 4.31 Å². The van der Waals surface area contributed by atoms with E-state index in [1.165, 1.54) is 22.5 Å². The van der Waals surface area contributed by atoms with Gasteiger partial charge in [-0.05, 0) is 36.9 Å². The van der Waals surface area contributed by atoms with Crippen molar-refractivity contribution >= 4 is 10.0 Å². The highest BCUT2D eigenvalue weighted by Crippen LogP contribution is 2.34. The Balaban J connectivity index is 1.61. The van der Waals surface area contributed by atoms with Crippen LogP contribution in [0.1, 0.15) is 11.6 Å². The quantitative estimate of drug-likeness (QED) is 0.802. The van der Waals surface area contributed by atoms with Gasteiger partial charge in [0.2, 0.25) is 10.0 Å². The smallest absolute Gasteiger partial charge is 0.243 e. The molecule has 0 N–H and O–H groups in total. The number of piperazine rings is 1. The summed E-state index contributed by atoms with van der Waals surface area (Å²) in [7, 11) is -1.72. The molecule has 2 aromatic carbocycles. The fourth-order valence-corrected chi connectivity index (χ4v) is 4.90. The van der Waals surface area contributed by atoms with Crippen molar-refractivity contribution in [1.29, 1.82) is 0 Å². The minimum Gasteiger partial charge on any atom is -0.486 e. The third-order valence-electron chi connectivity index (χ3n) is 5.02. The predicted molar refractivity (Wildman–Crippen MR) is 98.0 cm³/mol. The number of fused-ring (bicyclic) bond motifs is 1. The minimum atomic E-state index is -3.67. The maximum absolute atomic E-state index is 13.2. The third-order valence-corrected chi connectivity index (χ3v) is 6.88. The molecule has 0 aromatic heterocycles. The van der Waals surface area contributed by atoms with Crippen LogP contribution in [0, 0.1) is 5.82 Å². The van der Waals surface area contributed by atoms with Gasteiger partial charge in [-0.25, -0.2) is 12.8 Å². The van der Waals surface area contributed by atoms with E-state index in [0.29, 0.717) is 44.3 Å². The average molecular weight is 392 g/mol. The number of nitrogens with zero attached hydrogens (tertiary/aromatic N) is 2. The van der Waals surface area contributed by atoms with Gasteiger partial charge < -0.3 is 9.47 Å². The van der Waals surface area contributed by atoms with Gasteiger partial charge in [-0.3, -0.25) is 4.90 Å². The Labute approximate surface area is 158 Å². The molecule has 0 amide bonds. The first kappa shape index (κ1) is 18.2. The van der Waals surface area contributed by atoms with Crippen molar-refractivity contribution in [3.8, 4) is 11.5 Å². The van der Waals surface area contributed by atoms with E-state index in [0.717, 1.165) is 5.56 Å². The van der Waals surface area contributed by atoms with Gasteiger partial charge in [-0.15, -0.1) is 0 Å². The van der Waals surface area contributed by atoms with Crippen molar-refractivity contribution < 1.29 is 22.3 Å². The molecule has 0 spiro atoms. The number of hydrogen-bond acceptors (Lipinski definition) is 5. The van der Waals surface area contributed by atoms with Crippen LogP contribution in [0.4, 0.5) is 4.39 Å². The van der Waals surface area contributed by atoms with Crippen molar-refractivity contribution in [3.05, 3.63) is 53.8 Å². The van der Waals surface area contributed by atoms with Crippen molar-refractivity contribution in [2.75, 3.05) is 39.9 Å². The molecular weight excluding hydrogens is 371 g/mol. The van der Waals surface area contributed by atoms with Crippen LogP contribution in [0.3, 0.4) is 0 Å². The summed E-state index contributed by atoms with van der Waals surface area (Å²) in [6.07, 6.45) is 0. The molecular formula is C19H21FN2O4S. The zero-order chi connectivity index (χ0) is 19.0. The highest BCUT2D eigenvalue weighted by molar-refractivity contribution is 7.89. The van der Waals surface area contributed by atoms with E-state index in [4.69, 9.17) is 9.47 Å². The number of sulfonamides is 1. The number of rotatable bonds is 3. The summed E-state index contributed by atoms with van der Waals surface area (Å²) in [5.41, 5.74) is 0.890. The second-order valence-corrected chi connectivity index (χ2v) is 8.65. The van der Waals surface area contributed by atoms with Crippen LogP contribution in [0.2, 0.25) is 0 Å². The third kappa shape index (κ3) is 3.52. The molecule has 1 unspecified atom stereocenters. The lowest BCUT2D eigenvalue weighted by Gasteiger charge is -2.39. The van der Waals surface area contributed by atoms with Crippen molar-refractivity contribution in [3.63, 3.8) is 0 Å². The van der Waals surface area contributed by atoms with E-state index in [1.54, 1.807) is 24.3 Å². The Bertz CT molecular complexity index is 933. The zero-order valence-electron chi connectivity index (χ0n) is 15.0. The second kappa shape index (κ2) is 7.10. The summed E-state index contributed by atoms with van der Waals surface area (Å²) in [6.45, 7) is 2.14. The fraction of sp³-hybridized carbons (Fsp3) is 0.368. The molecule has 144 valence electrons. The van der Waals surface area contributed by atoms with Crippen molar-refractivity contribution in [2.24, 2.45) is 0 Å². The van der Waals surface area contributed by atoms with Crippen LogP contribution in [0.15, 0.2) is 47.4 Å². The van der Waals surface area contributed by atoms with E-state index in [2.05, 4.69) is 4.90 Å². The normalized spacial score (nSPS) is 21.2. The number of ether oxygens (including phenoxy) is 2. The second-order valence-electron chi connectivity index (χ2n) is 6.72. The summed E-state index contributed by atoms with van der Waals surface area (Å²) < 4.78 is 52.0. The van der Waals surface area contributed by atoms with Gasteiger partial charge in [0.15, 0.2) is 11.5 Å². The molecule has 6 nitrogen and oxygen atoms in total. The summed E-state index contributed by atoms with van der Waals surface area (Å²) in [5, 5.41) is 0. The summed E-state index contributed by atoms with van der Waals surface area (Å²) in [6, 6.07) is 10.8. The molecule has 8 heteroatoms. The van der Waals surface area contributed by atoms with Crippen molar-refractivity contribution in [2.45, 2.75) is 10.9 Å². The molecule has 4 rings (SSSR count). The molecule has 2 aliphatic rings. The molecule has 1 fully saturated rings. The molecule has 0 bridgehead atoms. The van der Waals surface area contributed by atoms with Gasteiger partial charge in [0.25, 0.3) is 0 Å². The van der Waals surface area contributed by atoms with Gasteiger partial charge in [-0.1, -0.05) is 12.1 Å². The maximum atomic E-state index is 13.2. The Morgan fingerprint density at radius 2 is 1.70 bits per heavy atom. The summed E-state index contributed by atoms with van der Waals surface area (Å²) >= 11 is 0. The maximum Gasteiger partial charge on any atom is 0.243 e. The number of hydrogen-bond donors (Lipinski definition) is 0. The van der Waals surface area contributed by atoms with Crippen LogP contribution in [-0.4, -0.2) is 57.5 Å². The standard InChI is InChI=1S/C19H21FN2O4S/c1-21-8-9-22(13-17(21)14-2-4-15(20)5-3-14)27(23,24)16-6-7-18-19(12-16)26-11-10-25-18/h2-7,12,17H,8-11,13H2,1H3. The molecule has 2 heterocycles. The van der Waals surface area contributed by atoms with E-state index >= 15 is 0 Å². The number of benzene rings is 2. The molecule has 0 radical (unpaired) electrons. The van der Waals surface area contributed by atoms with Crippen LogP contribution in [0.5, 0.6) is 11.5 Å². The largest absolute Gasteiger partial charge is 0.486 e. The molecule has 1 atom stereocenters. The predicted octanol–water partition coefficient (Wildman–Crippen LogP) is 2.27. The fourth-order valence-electron chi connectivity index (χ4n) is 3.44. The van der Waals surface area contributed by atoms with Crippen LogP contribution < -0.4 is 9.47 Å². The first-order valence-electron chi connectivity index (χ1n) is 8.81. The topological polar surface area (TPSA) is 59.1 Å². The molecule has 0 aliphatic carbocycles. The lowest BCUT2D eigenvalue weighted by molar-refractivity contribution is 0.148.